The molecule has 0 spiro atoms. The Morgan fingerprint density at radius 2 is 2.36 bits per heavy atom. The van der Waals surface area contributed by atoms with E-state index in [4.69, 9.17) is 11.6 Å². The zero-order valence-corrected chi connectivity index (χ0v) is 11.2. The van der Waals surface area contributed by atoms with Crippen LogP contribution in [0.2, 0.25) is 0 Å². The van der Waals surface area contributed by atoms with Crippen molar-refractivity contribution < 1.29 is 0 Å². The van der Waals surface area contributed by atoms with E-state index in [0.717, 1.165) is 7.75 Å². The molecule has 1 aromatic heterocycles. The minimum absolute atomic E-state index is 0.519. The molecule has 0 atom stereocenters. The fourth-order valence-electron chi connectivity index (χ4n) is 1.01. The third-order valence-corrected chi connectivity index (χ3v) is 4.05. The number of fused-ring (bicyclic) bond motifs is 1. The number of hydrogen-bond donors (Lipinski definition) is 0. The van der Waals surface area contributed by atoms with Gasteiger partial charge in [0.2, 0.25) is 0 Å². The smallest absolute Gasteiger partial charge is 0.105 e. The van der Waals surface area contributed by atoms with Gasteiger partial charge in [-0.05, 0) is 53.1 Å². The van der Waals surface area contributed by atoms with Crippen molar-refractivity contribution in [3.63, 3.8) is 0 Å². The van der Waals surface area contributed by atoms with Crippen molar-refractivity contribution in [1.29, 1.82) is 0 Å². The highest BCUT2D eigenvalue weighted by Crippen LogP contribution is 2.34. The fraction of sp³-hybridized carbons (Fsp3) is 0. The Kier molecular flexibility index (Phi) is 3.20. The van der Waals surface area contributed by atoms with Gasteiger partial charge in [0.05, 0.1) is 10.7 Å². The van der Waals surface area contributed by atoms with E-state index in [0.29, 0.717) is 16.4 Å². The van der Waals surface area contributed by atoms with E-state index in [9.17, 15) is 5.21 Å². The van der Waals surface area contributed by atoms with Crippen LogP contribution < -0.4 is 3.28 Å². The van der Waals surface area contributed by atoms with Gasteiger partial charge in [0.15, 0.2) is 0 Å². The van der Waals surface area contributed by atoms with Crippen LogP contribution in [0.15, 0.2) is 22.8 Å². The van der Waals surface area contributed by atoms with Gasteiger partial charge in [0, 0.05) is 10.7 Å². The molecule has 0 unspecified atom stereocenters. The Bertz CT molecular complexity index is 435. The summed E-state index contributed by atoms with van der Waals surface area (Å²) in [6, 6.07) is 1.74. The molecule has 6 heteroatoms. The number of halogens is 3. The van der Waals surface area contributed by atoms with Gasteiger partial charge in [-0.2, -0.15) is 0 Å². The minimum atomic E-state index is -0.673. The van der Waals surface area contributed by atoms with Crippen LogP contribution in [-0.2, 0) is 0 Å². The highest BCUT2D eigenvalue weighted by atomic mass is 127. The number of nitrogens with zero attached hydrogens (tertiary/aromatic N) is 2. The molecule has 2 heterocycles. The number of rotatable bonds is 0. The van der Waals surface area contributed by atoms with E-state index in [1.807, 2.05) is 4.01 Å². The number of allylic oxidation sites excluding steroid dienone is 1. The Morgan fingerprint density at radius 3 is 3.14 bits per heavy atom. The van der Waals surface area contributed by atoms with Gasteiger partial charge < -0.3 is 8.48 Å². The molecule has 0 bridgehead atoms. The Balaban J connectivity index is 2.64. The van der Waals surface area contributed by atoms with Gasteiger partial charge in [-0.1, -0.05) is 11.6 Å². The van der Waals surface area contributed by atoms with Crippen LogP contribution in [0.4, 0.5) is 5.69 Å². The van der Waals surface area contributed by atoms with Crippen molar-refractivity contribution in [3.05, 3.63) is 33.7 Å². The lowest BCUT2D eigenvalue weighted by molar-refractivity contribution is 1.26. The largest absolute Gasteiger partial charge is 0.750 e. The second kappa shape index (κ2) is 4.26. The van der Waals surface area contributed by atoms with Crippen LogP contribution in [0.3, 0.4) is 0 Å². The first kappa shape index (κ1) is 10.5. The Labute approximate surface area is 105 Å². The van der Waals surface area contributed by atoms with Crippen molar-refractivity contribution in [2.75, 3.05) is 3.28 Å². The fourth-order valence-corrected chi connectivity index (χ4v) is 3.23. The molecule has 1 aliphatic heterocycles. The highest BCUT2D eigenvalue weighted by molar-refractivity contribution is 14.2. The van der Waals surface area contributed by atoms with Gasteiger partial charge in [0.1, 0.15) is 5.69 Å². The molecule has 0 saturated carbocycles. The zero-order chi connectivity index (χ0) is 10.1. The van der Waals surface area contributed by atoms with Crippen molar-refractivity contribution >= 4 is 63.3 Å². The second-order valence-electron chi connectivity index (χ2n) is 2.50. The molecule has 0 N–H and O–H groups in total. The monoisotopic (exact) mass is 385 g/mol. The van der Waals surface area contributed by atoms with Gasteiger partial charge in [-0.25, -0.2) is 0 Å². The van der Waals surface area contributed by atoms with Gasteiger partial charge in [-0.3, -0.25) is 4.98 Å². The average molecular weight is 386 g/mol. The molecule has 1 aliphatic rings. The molecule has 1 aromatic rings. The molecule has 3 nitrogen and oxygen atoms in total. The summed E-state index contributed by atoms with van der Waals surface area (Å²) in [7, 11) is 0. The first-order chi connectivity index (χ1) is 6.68. The Morgan fingerprint density at radius 1 is 1.57 bits per heavy atom. The minimum Gasteiger partial charge on any atom is -0.750 e. The van der Waals surface area contributed by atoms with Crippen molar-refractivity contribution in [2.24, 2.45) is 0 Å². The van der Waals surface area contributed by atoms with Crippen LogP contribution in [0.5, 0.6) is 0 Å². The lowest BCUT2D eigenvalue weighted by Gasteiger charge is -2.25. The molecule has 74 valence electrons. The third kappa shape index (κ3) is 2.00. The van der Waals surface area contributed by atoms with Gasteiger partial charge in [-0.15, -0.1) is 0 Å². The summed E-state index contributed by atoms with van der Waals surface area (Å²) in [5.41, 5.74) is 1.10. The summed E-state index contributed by atoms with van der Waals surface area (Å²) < 4.78 is 3.58. The van der Waals surface area contributed by atoms with E-state index in [-0.39, 0.29) is 0 Å². The Hall–Kier alpha value is 0.0200. The topological polar surface area (TPSA) is 39.2 Å². The van der Waals surface area contributed by atoms with Crippen LogP contribution in [0, 0.1) is 5.21 Å². The van der Waals surface area contributed by atoms with Crippen molar-refractivity contribution in [3.8, 4) is 0 Å². The average Bonchev–Trinajstić information content (AvgIpc) is 2.28. The van der Waals surface area contributed by atoms with Gasteiger partial charge in [0.25, 0.3) is 0 Å². The number of aromatic nitrogens is 1. The lowest BCUT2D eigenvalue weighted by atomic mass is 10.3. The maximum Gasteiger partial charge on any atom is 0.105 e. The standard InChI is InChI=1S/C8H4BrClIN2O/c9-5-3-7-8(12-4-5)6(10)1-2-11-13(7)14/h1-4H/q-1. The summed E-state index contributed by atoms with van der Waals surface area (Å²) in [6.07, 6.45) is 3.37. The molecule has 0 aliphatic carbocycles. The first-order valence-corrected chi connectivity index (χ1v) is 7.02. The summed E-state index contributed by atoms with van der Waals surface area (Å²) in [6.45, 7) is 0. The highest BCUT2D eigenvalue weighted by Gasteiger charge is 2.10. The van der Waals surface area contributed by atoms with Gasteiger partial charge >= 0.3 is 0 Å². The normalized spacial score (nSPS) is 15.4. The molecule has 0 amide bonds. The molecule has 14 heavy (non-hydrogen) atoms. The lowest BCUT2D eigenvalue weighted by Crippen LogP contribution is -2.02. The summed E-state index contributed by atoms with van der Waals surface area (Å²) >= 11 is 8.57. The number of anilines is 1. The first-order valence-electron chi connectivity index (χ1n) is 3.64. The number of pyridine rings is 1. The van der Waals surface area contributed by atoms with E-state index in [2.05, 4.69) is 20.9 Å². The quantitative estimate of drug-likeness (QED) is 0.507. The van der Waals surface area contributed by atoms with Crippen LogP contribution >= 0.6 is 48.5 Å². The molecular formula is C8H4BrClIN2O-. The molecule has 0 saturated heterocycles. The predicted molar refractivity (Wildman–Crippen MR) is 71.7 cm³/mol. The van der Waals surface area contributed by atoms with Crippen LogP contribution in [0.1, 0.15) is 5.69 Å². The van der Waals surface area contributed by atoms with E-state index < -0.39 is 21.0 Å². The van der Waals surface area contributed by atoms with E-state index in [1.54, 1.807) is 18.3 Å². The third-order valence-electron chi connectivity index (χ3n) is 1.60. The molecular weight excluding hydrogens is 382 g/mol. The molecule has 2 rings (SSSR count). The van der Waals surface area contributed by atoms with Crippen molar-refractivity contribution in [2.45, 2.75) is 0 Å². The number of hydrogen-bond acceptors (Lipinski definition) is 3. The molecule has 0 aromatic carbocycles. The second-order valence-corrected chi connectivity index (χ2v) is 5.98. The zero-order valence-electron chi connectivity index (χ0n) is 6.75. The predicted octanol–water partition coefficient (Wildman–Crippen LogP) is 3.43. The maximum absolute atomic E-state index is 11.6. The summed E-state index contributed by atoms with van der Waals surface area (Å²) in [4.78, 5) is 4.12. The van der Waals surface area contributed by atoms with Crippen LogP contribution in [-0.4, -0.2) is 9.00 Å². The molecule has 0 fully saturated rings. The van der Waals surface area contributed by atoms with Crippen molar-refractivity contribution in [1.82, 2.24) is 4.98 Å². The summed E-state index contributed by atoms with van der Waals surface area (Å²) in [5.74, 6) is 0. The summed E-state index contributed by atoms with van der Waals surface area (Å²) in [5, 5.41) is 12.1. The van der Waals surface area contributed by atoms with Crippen LogP contribution in [0.25, 0.3) is 5.03 Å². The van der Waals surface area contributed by atoms with E-state index in [1.165, 1.54) is 0 Å². The van der Waals surface area contributed by atoms with E-state index >= 15 is 0 Å². The maximum atomic E-state index is 11.6. The molecule has 0 radical (unpaired) electrons. The SMILES string of the molecule is [O-]N1I=CC=C(Cl)c2ncc(Br)cc21.